The summed E-state index contributed by atoms with van der Waals surface area (Å²) in [4.78, 5) is 9.37. The summed E-state index contributed by atoms with van der Waals surface area (Å²) in [5.41, 5.74) is 9.66. The molecule has 144 valence electrons. The van der Waals surface area contributed by atoms with Crippen LogP contribution in [0.15, 0.2) is 72.8 Å². The van der Waals surface area contributed by atoms with Gasteiger partial charge in [0.1, 0.15) is 5.82 Å². The Balaban J connectivity index is 1.59. The number of nitrogen functional groups attached to an aromatic ring is 1. The second-order valence-corrected chi connectivity index (χ2v) is 7.19. The van der Waals surface area contributed by atoms with E-state index in [0.717, 1.165) is 40.9 Å². The Labute approximate surface area is 175 Å². The molecule has 0 aliphatic carbocycles. The van der Waals surface area contributed by atoms with Gasteiger partial charge >= 0.3 is 0 Å². The molecule has 0 unspecified atom stereocenters. The highest BCUT2D eigenvalue weighted by molar-refractivity contribution is 6.31. The van der Waals surface area contributed by atoms with E-state index in [1.165, 1.54) is 5.56 Å². The fourth-order valence-electron chi connectivity index (χ4n) is 3.07. The van der Waals surface area contributed by atoms with Gasteiger partial charge in [0, 0.05) is 22.6 Å². The molecule has 4 rings (SSSR count). The summed E-state index contributed by atoms with van der Waals surface area (Å²) in [6.45, 7) is 0.750. The van der Waals surface area contributed by atoms with Gasteiger partial charge in [-0.3, -0.25) is 0 Å². The van der Waals surface area contributed by atoms with Gasteiger partial charge in [0.2, 0.25) is 0 Å². The van der Waals surface area contributed by atoms with Crippen LogP contribution in [-0.4, -0.2) is 16.5 Å². The lowest BCUT2D eigenvalue weighted by atomic mass is 10.1. The molecule has 1 aromatic heterocycles. The van der Waals surface area contributed by atoms with Crippen molar-refractivity contribution in [2.24, 2.45) is 0 Å². The van der Waals surface area contributed by atoms with Gasteiger partial charge in [-0.05, 0) is 54.0 Å². The Bertz CT molecular complexity index is 1140. The summed E-state index contributed by atoms with van der Waals surface area (Å²) in [7, 11) is 0. The molecule has 0 fully saturated rings. The average molecular weight is 401 g/mol. The van der Waals surface area contributed by atoms with Crippen molar-refractivity contribution < 1.29 is 0 Å². The molecule has 0 spiro atoms. The van der Waals surface area contributed by atoms with Crippen molar-refractivity contribution in [2.45, 2.75) is 6.42 Å². The number of nitrogens with zero attached hydrogens (tertiary/aromatic N) is 2. The quantitative estimate of drug-likeness (QED) is 0.408. The van der Waals surface area contributed by atoms with Crippen LogP contribution in [0.3, 0.4) is 0 Å². The van der Waals surface area contributed by atoms with Crippen LogP contribution in [0.2, 0.25) is 5.02 Å². The van der Waals surface area contributed by atoms with E-state index < -0.39 is 0 Å². The zero-order chi connectivity index (χ0) is 20.1. The van der Waals surface area contributed by atoms with Gasteiger partial charge in [-0.15, -0.1) is 0 Å². The lowest BCUT2D eigenvalue weighted by molar-refractivity contribution is 1.00. The summed E-state index contributed by atoms with van der Waals surface area (Å²) >= 11 is 6.18. The maximum Gasteiger partial charge on any atom is 0.154 e. The molecule has 0 saturated heterocycles. The molecule has 29 heavy (non-hydrogen) atoms. The largest absolute Gasteiger partial charge is 0.399 e. The number of nitrogens with one attached hydrogen (secondary N) is 1. The third kappa shape index (κ3) is 4.92. The summed E-state index contributed by atoms with van der Waals surface area (Å²) < 4.78 is 0. The lowest BCUT2D eigenvalue weighted by Gasteiger charge is -2.10. The van der Waals surface area contributed by atoms with E-state index in [2.05, 4.69) is 10.3 Å². The molecule has 3 aromatic carbocycles. The number of rotatable bonds is 6. The number of nitrogens with two attached hydrogens (primary N) is 1. The van der Waals surface area contributed by atoms with Gasteiger partial charge in [0.05, 0.1) is 5.52 Å². The third-order valence-corrected chi connectivity index (χ3v) is 4.82. The van der Waals surface area contributed by atoms with Crippen LogP contribution in [-0.2, 0) is 6.42 Å². The molecule has 1 heterocycles. The van der Waals surface area contributed by atoms with E-state index in [9.17, 15) is 0 Å². The molecule has 0 aliphatic heterocycles. The minimum absolute atomic E-state index is 0.638. The van der Waals surface area contributed by atoms with Gasteiger partial charge in [-0.1, -0.05) is 60.1 Å². The average Bonchev–Trinajstić information content (AvgIpc) is 2.74. The molecule has 4 nitrogen and oxygen atoms in total. The van der Waals surface area contributed by atoms with E-state index in [4.69, 9.17) is 22.3 Å². The van der Waals surface area contributed by atoms with Crippen LogP contribution in [0.5, 0.6) is 0 Å². The zero-order valence-corrected chi connectivity index (χ0v) is 16.6. The van der Waals surface area contributed by atoms with E-state index >= 15 is 0 Å². The fraction of sp³-hybridized carbons (Fsp3) is 0.0833. The first kappa shape index (κ1) is 19.0. The van der Waals surface area contributed by atoms with Crippen LogP contribution >= 0.6 is 11.6 Å². The normalized spacial score (nSPS) is 11.2. The van der Waals surface area contributed by atoms with Gasteiger partial charge in [-0.25, -0.2) is 9.97 Å². The number of hydrogen-bond acceptors (Lipinski definition) is 4. The first-order valence-electron chi connectivity index (χ1n) is 9.46. The van der Waals surface area contributed by atoms with Gasteiger partial charge in [-0.2, -0.15) is 0 Å². The number of anilines is 2. The van der Waals surface area contributed by atoms with Crippen LogP contribution < -0.4 is 11.1 Å². The predicted octanol–water partition coefficient (Wildman–Crippen LogP) is 5.69. The molecule has 0 bridgehead atoms. The Morgan fingerprint density at radius 2 is 1.69 bits per heavy atom. The SMILES string of the molecule is Nc1ccc(CCNc2nc(C=Cc3ccccc3)nc3cc(Cl)ccc23)cc1. The molecule has 0 amide bonds. The highest BCUT2D eigenvalue weighted by atomic mass is 35.5. The predicted molar refractivity (Wildman–Crippen MR) is 123 cm³/mol. The van der Waals surface area contributed by atoms with Crippen molar-refractivity contribution in [3.63, 3.8) is 0 Å². The van der Waals surface area contributed by atoms with Crippen molar-refractivity contribution in [3.05, 3.63) is 94.8 Å². The number of fused-ring (bicyclic) bond motifs is 1. The Hall–Kier alpha value is -3.37. The van der Waals surface area contributed by atoms with Crippen molar-refractivity contribution >= 4 is 46.2 Å². The van der Waals surface area contributed by atoms with Crippen LogP contribution in [0.1, 0.15) is 17.0 Å². The zero-order valence-electron chi connectivity index (χ0n) is 15.8. The molecule has 0 saturated carbocycles. The van der Waals surface area contributed by atoms with Crippen molar-refractivity contribution in [1.29, 1.82) is 0 Å². The number of halogens is 1. The summed E-state index contributed by atoms with van der Waals surface area (Å²) in [6.07, 6.45) is 4.79. The smallest absolute Gasteiger partial charge is 0.154 e. The fourth-order valence-corrected chi connectivity index (χ4v) is 3.24. The minimum Gasteiger partial charge on any atom is -0.399 e. The standard InChI is InChI=1S/C24H21ClN4/c25-19-9-12-21-22(16-19)28-23(13-8-17-4-2-1-3-5-17)29-24(21)27-15-14-18-6-10-20(26)11-7-18/h1-13,16H,14-15,26H2,(H,27,28,29). The van der Waals surface area contributed by atoms with Crippen molar-refractivity contribution in [1.82, 2.24) is 9.97 Å². The third-order valence-electron chi connectivity index (χ3n) is 4.59. The Kier molecular flexibility index (Phi) is 5.73. The van der Waals surface area contributed by atoms with Crippen LogP contribution in [0, 0.1) is 0 Å². The first-order chi connectivity index (χ1) is 14.2. The molecule has 0 radical (unpaired) electrons. The van der Waals surface area contributed by atoms with E-state index in [1.54, 1.807) is 0 Å². The Morgan fingerprint density at radius 1 is 0.897 bits per heavy atom. The second kappa shape index (κ2) is 8.76. The summed E-state index contributed by atoms with van der Waals surface area (Å²) in [5.74, 6) is 1.44. The van der Waals surface area contributed by atoms with Crippen LogP contribution in [0.25, 0.3) is 23.1 Å². The van der Waals surface area contributed by atoms with Crippen molar-refractivity contribution in [3.8, 4) is 0 Å². The lowest BCUT2D eigenvalue weighted by Crippen LogP contribution is -2.08. The maximum atomic E-state index is 6.18. The molecular weight excluding hydrogens is 380 g/mol. The molecule has 0 aliphatic rings. The monoisotopic (exact) mass is 400 g/mol. The Morgan fingerprint density at radius 3 is 2.48 bits per heavy atom. The van der Waals surface area contributed by atoms with Crippen LogP contribution in [0.4, 0.5) is 11.5 Å². The maximum absolute atomic E-state index is 6.18. The molecular formula is C24H21ClN4. The number of benzene rings is 3. The van der Waals surface area contributed by atoms with Crippen molar-refractivity contribution in [2.75, 3.05) is 17.6 Å². The number of hydrogen-bond donors (Lipinski definition) is 2. The molecule has 5 heteroatoms. The first-order valence-corrected chi connectivity index (χ1v) is 9.84. The minimum atomic E-state index is 0.638. The second-order valence-electron chi connectivity index (χ2n) is 6.75. The van der Waals surface area contributed by atoms with E-state index in [0.29, 0.717) is 10.8 Å². The van der Waals surface area contributed by atoms with Gasteiger partial charge < -0.3 is 11.1 Å². The van der Waals surface area contributed by atoms with E-state index in [-0.39, 0.29) is 0 Å². The summed E-state index contributed by atoms with van der Waals surface area (Å²) in [6, 6.07) is 23.7. The molecule has 3 N–H and O–H groups in total. The highest BCUT2D eigenvalue weighted by Gasteiger charge is 2.07. The molecule has 4 aromatic rings. The topological polar surface area (TPSA) is 63.8 Å². The highest BCUT2D eigenvalue weighted by Crippen LogP contribution is 2.24. The van der Waals surface area contributed by atoms with Gasteiger partial charge in [0.15, 0.2) is 5.82 Å². The van der Waals surface area contributed by atoms with E-state index in [1.807, 2.05) is 84.9 Å². The number of aromatic nitrogens is 2. The molecule has 0 atom stereocenters. The summed E-state index contributed by atoms with van der Waals surface area (Å²) in [5, 5.41) is 5.05. The van der Waals surface area contributed by atoms with Gasteiger partial charge in [0.25, 0.3) is 0 Å².